The lowest BCUT2D eigenvalue weighted by molar-refractivity contribution is -0.129. The standard InChI is InChI=1S/C17H26N2O4/c1-4-8-23-14-6-5-13(10-15(14)21-3)11-19-17(20)16-12(2)22-9-7-18-16/h5-6,10,12,16,18H,4,7-9,11H2,1-3H3,(H,19,20)/t12-,16+/m1/s1. The molecule has 23 heavy (non-hydrogen) atoms. The average molecular weight is 322 g/mol. The fourth-order valence-corrected chi connectivity index (χ4v) is 2.48. The van der Waals surface area contributed by atoms with E-state index >= 15 is 0 Å². The molecule has 1 amide bonds. The van der Waals surface area contributed by atoms with E-state index in [9.17, 15) is 4.79 Å². The first-order chi connectivity index (χ1) is 11.2. The lowest BCUT2D eigenvalue weighted by Gasteiger charge is -2.29. The Bertz CT molecular complexity index is 521. The first kappa shape index (κ1) is 17.6. The second-order valence-electron chi connectivity index (χ2n) is 5.56. The van der Waals surface area contributed by atoms with Crippen molar-refractivity contribution in [2.45, 2.75) is 39.0 Å². The molecule has 2 atom stereocenters. The van der Waals surface area contributed by atoms with Crippen molar-refractivity contribution in [2.75, 3.05) is 26.9 Å². The molecule has 0 saturated carbocycles. The van der Waals surface area contributed by atoms with Crippen molar-refractivity contribution in [3.63, 3.8) is 0 Å². The molecule has 1 saturated heterocycles. The minimum Gasteiger partial charge on any atom is -0.493 e. The molecule has 0 unspecified atom stereocenters. The Morgan fingerprint density at radius 3 is 2.96 bits per heavy atom. The molecule has 1 fully saturated rings. The summed E-state index contributed by atoms with van der Waals surface area (Å²) in [6, 6.07) is 5.39. The molecular weight excluding hydrogens is 296 g/mol. The Balaban J connectivity index is 1.93. The zero-order chi connectivity index (χ0) is 16.7. The molecule has 128 valence electrons. The van der Waals surface area contributed by atoms with Gasteiger partial charge in [-0.25, -0.2) is 0 Å². The van der Waals surface area contributed by atoms with Crippen molar-refractivity contribution < 1.29 is 19.0 Å². The largest absolute Gasteiger partial charge is 0.493 e. The maximum atomic E-state index is 12.2. The SMILES string of the molecule is CCCOc1ccc(CNC(=O)[C@H]2NCCO[C@@H]2C)cc1OC. The van der Waals surface area contributed by atoms with Crippen molar-refractivity contribution in [2.24, 2.45) is 0 Å². The van der Waals surface area contributed by atoms with Crippen LogP contribution in [0.4, 0.5) is 0 Å². The molecule has 6 nitrogen and oxygen atoms in total. The fourth-order valence-electron chi connectivity index (χ4n) is 2.48. The average Bonchev–Trinajstić information content (AvgIpc) is 2.58. The molecule has 0 spiro atoms. The molecule has 6 heteroatoms. The maximum Gasteiger partial charge on any atom is 0.240 e. The molecule has 1 aromatic carbocycles. The summed E-state index contributed by atoms with van der Waals surface area (Å²) in [6.45, 7) is 6.38. The van der Waals surface area contributed by atoms with Gasteiger partial charge in [0, 0.05) is 13.1 Å². The van der Waals surface area contributed by atoms with E-state index in [1.54, 1.807) is 7.11 Å². The van der Waals surface area contributed by atoms with Gasteiger partial charge in [0.25, 0.3) is 0 Å². The van der Waals surface area contributed by atoms with Gasteiger partial charge in [0.1, 0.15) is 6.04 Å². The Morgan fingerprint density at radius 2 is 2.26 bits per heavy atom. The second kappa shape index (κ2) is 8.74. The number of rotatable bonds is 7. The van der Waals surface area contributed by atoms with E-state index in [4.69, 9.17) is 14.2 Å². The van der Waals surface area contributed by atoms with Crippen molar-refractivity contribution in [3.8, 4) is 11.5 Å². The third kappa shape index (κ3) is 4.84. The Morgan fingerprint density at radius 1 is 1.43 bits per heavy atom. The molecule has 1 aliphatic heterocycles. The van der Waals surface area contributed by atoms with E-state index < -0.39 is 0 Å². The van der Waals surface area contributed by atoms with E-state index in [2.05, 4.69) is 17.6 Å². The second-order valence-corrected chi connectivity index (χ2v) is 5.56. The van der Waals surface area contributed by atoms with Gasteiger partial charge in [0.2, 0.25) is 5.91 Å². The Hall–Kier alpha value is -1.79. The minimum atomic E-state index is -0.308. The predicted molar refractivity (Wildman–Crippen MR) is 87.8 cm³/mol. The van der Waals surface area contributed by atoms with E-state index in [-0.39, 0.29) is 18.1 Å². The van der Waals surface area contributed by atoms with Crippen LogP contribution in [0.25, 0.3) is 0 Å². The first-order valence-corrected chi connectivity index (χ1v) is 8.08. The van der Waals surface area contributed by atoms with Crippen molar-refractivity contribution >= 4 is 5.91 Å². The highest BCUT2D eigenvalue weighted by Crippen LogP contribution is 2.28. The van der Waals surface area contributed by atoms with Crippen LogP contribution >= 0.6 is 0 Å². The first-order valence-electron chi connectivity index (χ1n) is 8.08. The molecule has 0 aromatic heterocycles. The van der Waals surface area contributed by atoms with Crippen LogP contribution in [0.2, 0.25) is 0 Å². The van der Waals surface area contributed by atoms with Gasteiger partial charge in [-0.1, -0.05) is 13.0 Å². The molecule has 0 bridgehead atoms. The normalized spacial score (nSPS) is 20.8. The Labute approximate surface area is 137 Å². The molecular formula is C17H26N2O4. The van der Waals surface area contributed by atoms with E-state index in [0.717, 1.165) is 17.7 Å². The summed E-state index contributed by atoms with van der Waals surface area (Å²) in [7, 11) is 1.61. The van der Waals surface area contributed by atoms with E-state index in [1.165, 1.54) is 0 Å². The summed E-state index contributed by atoms with van der Waals surface area (Å²) in [5.74, 6) is 1.35. The number of amides is 1. The zero-order valence-corrected chi connectivity index (χ0v) is 14.1. The summed E-state index contributed by atoms with van der Waals surface area (Å²) in [5.41, 5.74) is 0.962. The van der Waals surface area contributed by atoms with Gasteiger partial charge in [-0.05, 0) is 31.0 Å². The fraction of sp³-hybridized carbons (Fsp3) is 0.588. The van der Waals surface area contributed by atoms with Gasteiger partial charge in [-0.15, -0.1) is 0 Å². The molecule has 2 N–H and O–H groups in total. The number of carbonyl (C=O) groups excluding carboxylic acids is 1. The van der Waals surface area contributed by atoms with Crippen molar-refractivity contribution in [1.82, 2.24) is 10.6 Å². The van der Waals surface area contributed by atoms with Crippen LogP contribution in [-0.4, -0.2) is 44.9 Å². The number of methoxy groups -OCH3 is 1. The van der Waals surface area contributed by atoms with Crippen LogP contribution in [-0.2, 0) is 16.1 Å². The van der Waals surface area contributed by atoms with Crippen LogP contribution in [0.15, 0.2) is 18.2 Å². The maximum absolute atomic E-state index is 12.2. The predicted octanol–water partition coefficient (Wildman–Crippen LogP) is 1.48. The highest BCUT2D eigenvalue weighted by atomic mass is 16.5. The van der Waals surface area contributed by atoms with Crippen molar-refractivity contribution in [3.05, 3.63) is 23.8 Å². The number of morpholine rings is 1. The van der Waals surface area contributed by atoms with Gasteiger partial charge in [0.05, 0.1) is 26.4 Å². The number of carbonyl (C=O) groups is 1. The van der Waals surface area contributed by atoms with Gasteiger partial charge >= 0.3 is 0 Å². The summed E-state index contributed by atoms with van der Waals surface area (Å²) >= 11 is 0. The van der Waals surface area contributed by atoms with Crippen LogP contribution < -0.4 is 20.1 Å². The summed E-state index contributed by atoms with van der Waals surface area (Å²) in [6.07, 6.45) is 0.818. The highest BCUT2D eigenvalue weighted by Gasteiger charge is 2.27. The number of hydrogen-bond donors (Lipinski definition) is 2. The number of benzene rings is 1. The molecule has 0 radical (unpaired) electrons. The number of ether oxygens (including phenoxy) is 3. The molecule has 1 aliphatic rings. The van der Waals surface area contributed by atoms with E-state index in [1.807, 2.05) is 25.1 Å². The summed E-state index contributed by atoms with van der Waals surface area (Å²) < 4.78 is 16.5. The van der Waals surface area contributed by atoms with Crippen LogP contribution in [0.1, 0.15) is 25.8 Å². The van der Waals surface area contributed by atoms with Crippen LogP contribution in [0.5, 0.6) is 11.5 Å². The summed E-state index contributed by atoms with van der Waals surface area (Å²) in [5, 5.41) is 6.11. The summed E-state index contributed by atoms with van der Waals surface area (Å²) in [4.78, 5) is 12.2. The monoisotopic (exact) mass is 322 g/mol. The molecule has 1 aromatic rings. The minimum absolute atomic E-state index is 0.0533. The third-order valence-corrected chi connectivity index (χ3v) is 3.76. The van der Waals surface area contributed by atoms with Crippen molar-refractivity contribution in [1.29, 1.82) is 0 Å². The van der Waals surface area contributed by atoms with Crippen LogP contribution in [0, 0.1) is 0 Å². The number of hydrogen-bond acceptors (Lipinski definition) is 5. The van der Waals surface area contributed by atoms with Gasteiger partial charge in [-0.2, -0.15) is 0 Å². The number of nitrogens with one attached hydrogen (secondary N) is 2. The lowest BCUT2D eigenvalue weighted by atomic mass is 10.1. The smallest absolute Gasteiger partial charge is 0.240 e. The third-order valence-electron chi connectivity index (χ3n) is 3.76. The topological polar surface area (TPSA) is 68.8 Å². The Kier molecular flexibility index (Phi) is 6.67. The van der Waals surface area contributed by atoms with Gasteiger partial charge < -0.3 is 24.8 Å². The van der Waals surface area contributed by atoms with E-state index in [0.29, 0.717) is 32.1 Å². The lowest BCUT2D eigenvalue weighted by Crippen LogP contribution is -2.55. The molecule has 0 aliphatic carbocycles. The quantitative estimate of drug-likeness (QED) is 0.796. The van der Waals surface area contributed by atoms with Crippen LogP contribution in [0.3, 0.4) is 0 Å². The zero-order valence-electron chi connectivity index (χ0n) is 14.1. The van der Waals surface area contributed by atoms with Gasteiger partial charge in [0.15, 0.2) is 11.5 Å². The van der Waals surface area contributed by atoms with Gasteiger partial charge in [-0.3, -0.25) is 4.79 Å². The molecule has 1 heterocycles. The molecule has 2 rings (SSSR count). The highest BCUT2D eigenvalue weighted by molar-refractivity contribution is 5.82.